The summed E-state index contributed by atoms with van der Waals surface area (Å²) in [4.78, 5) is 8.46. The number of hydrogen-bond acceptors (Lipinski definition) is 2. The summed E-state index contributed by atoms with van der Waals surface area (Å²) in [6.07, 6.45) is 0. The fraction of sp³-hybridized carbons (Fsp3) is 0. The molecule has 0 radical (unpaired) electrons. The summed E-state index contributed by atoms with van der Waals surface area (Å²) in [7, 11) is -1.75. The molecule has 0 aromatic carbocycles. The van der Waals surface area contributed by atoms with Crippen molar-refractivity contribution in [2.45, 2.75) is 0 Å². The van der Waals surface area contributed by atoms with Gasteiger partial charge < -0.3 is 42.3 Å². The third-order valence-electron chi connectivity index (χ3n) is 0. The Kier molecular flexibility index (Phi) is 2610. The van der Waals surface area contributed by atoms with Crippen LogP contribution in [0.3, 0.4) is 0 Å². The van der Waals surface area contributed by atoms with Crippen molar-refractivity contribution < 1.29 is 71.9 Å². The van der Waals surface area contributed by atoms with Crippen molar-refractivity contribution in [3.63, 3.8) is 0 Å². The third-order valence-corrected chi connectivity index (χ3v) is 0. The van der Waals surface area contributed by atoms with Gasteiger partial charge in [-0.25, -0.2) is 0 Å². The second-order valence-corrected chi connectivity index (χ2v) is 0.289. The van der Waals surface area contributed by atoms with Crippen molar-refractivity contribution in [1.29, 1.82) is 0 Å². The van der Waals surface area contributed by atoms with Gasteiger partial charge in [0.2, 0.25) is 0 Å². The minimum atomic E-state index is -1.75. The van der Waals surface area contributed by atoms with E-state index in [1.54, 1.807) is 0 Å². The van der Waals surface area contributed by atoms with Gasteiger partial charge in [-0.05, 0) is 8.69 Å². The maximum Gasteiger partial charge on any atom is 1.00 e. The van der Waals surface area contributed by atoms with Gasteiger partial charge in [0.1, 0.15) is 0 Å². The van der Waals surface area contributed by atoms with E-state index >= 15 is 0 Å². The van der Waals surface area contributed by atoms with Gasteiger partial charge >= 0.3 is 29.6 Å². The van der Waals surface area contributed by atoms with Crippen LogP contribution in [0.2, 0.25) is 0 Å². The van der Waals surface area contributed by atoms with Gasteiger partial charge in [-0.2, -0.15) is 0 Å². The van der Waals surface area contributed by atoms with Crippen molar-refractivity contribution in [2.24, 2.45) is 0 Å². The first kappa shape index (κ1) is 125. The molecule has 10 heteroatoms. The van der Waals surface area contributed by atoms with E-state index in [0.29, 0.717) is 0 Å². The molecule has 68 valence electrons. The summed E-state index contributed by atoms with van der Waals surface area (Å²) in [6.45, 7) is 0. The quantitative estimate of drug-likeness (QED) is 0.271. The summed E-state index contributed by atoms with van der Waals surface area (Å²) >= 11 is 0. The fourth-order valence-electron chi connectivity index (χ4n) is 0. The summed E-state index contributed by atoms with van der Waals surface area (Å²) < 4.78 is 8.46. The van der Waals surface area contributed by atoms with Crippen molar-refractivity contribution in [3.05, 3.63) is 0 Å². The molecule has 10 heavy (non-hydrogen) atoms. The van der Waals surface area contributed by atoms with Gasteiger partial charge in [0.25, 0.3) is 0 Å². The Hall–Kier alpha value is 0.950. The minimum Gasteiger partial charge on any atom is -0.804 e. The Bertz CT molecular complexity index is 16.7. The molecule has 0 aliphatic rings. The average molecular weight is 196 g/mol. The zero-order valence-electron chi connectivity index (χ0n) is 5.39. The second kappa shape index (κ2) is 210. The smallest absolute Gasteiger partial charge is 0.804 e. The van der Waals surface area contributed by atoms with Gasteiger partial charge in [0, 0.05) is 0 Å². The van der Waals surface area contributed by atoms with Crippen LogP contribution in [0.5, 0.6) is 0 Å². The molecule has 0 aliphatic carbocycles. The van der Waals surface area contributed by atoms with Crippen LogP contribution in [-0.4, -0.2) is 32.9 Å². The molecule has 0 spiro atoms. The first-order chi connectivity index (χ1) is 1.41. The van der Waals surface area contributed by atoms with E-state index in [0.717, 1.165) is 0 Å². The van der Waals surface area contributed by atoms with Crippen molar-refractivity contribution in [2.75, 3.05) is 0 Å². The zero-order valence-corrected chi connectivity index (χ0v) is 8.55. The van der Waals surface area contributed by atoms with E-state index in [4.69, 9.17) is 9.46 Å². The molecule has 0 fully saturated rings. The normalized spacial score (nSPS) is 2.90. The molecule has 0 rings (SSSR count). The molecule has 0 aromatic heterocycles. The maximum atomic E-state index is 8.46. The topological polar surface area (TPSA) is 229 Å². The molecule has 0 saturated heterocycles. The van der Waals surface area contributed by atoms with Crippen LogP contribution in [0.15, 0.2) is 0 Å². The second-order valence-electron chi connectivity index (χ2n) is 0.0962. The molecule has 0 aliphatic heterocycles. The molecule has 8 nitrogen and oxygen atoms in total. The Morgan fingerprint density at radius 3 is 0.800 bits per heavy atom. The van der Waals surface area contributed by atoms with Crippen molar-refractivity contribution in [3.8, 4) is 0 Å². The molecule has 1 atom stereocenters. The largest absolute Gasteiger partial charge is 1.00 e. The van der Waals surface area contributed by atoms with E-state index in [2.05, 4.69) is 0 Å². The third kappa shape index (κ3) is 627. The monoisotopic (exact) mass is 196 g/mol. The van der Waals surface area contributed by atoms with Crippen molar-refractivity contribution in [1.82, 2.24) is 0 Å². The summed E-state index contributed by atoms with van der Waals surface area (Å²) in [5, 5.41) is 0. The Morgan fingerprint density at radius 1 is 0.800 bits per heavy atom. The number of rotatable bonds is 0. The van der Waals surface area contributed by atoms with Crippen LogP contribution in [0, 0.1) is 0 Å². The SMILES string of the molecule is O.O.O.O.O.O.O=[PH2][O-].[Na+]. The molecule has 0 amide bonds. The minimum absolute atomic E-state index is 0. The van der Waals surface area contributed by atoms with Gasteiger partial charge in [0.15, 0.2) is 0 Å². The fourth-order valence-corrected chi connectivity index (χ4v) is 0. The molecule has 1 unspecified atom stereocenters. The van der Waals surface area contributed by atoms with E-state index in [-0.39, 0.29) is 62.4 Å². The molecule has 12 N–H and O–H groups in total. The average Bonchev–Trinajstić information content (AvgIpc) is 0.918. The predicted molar refractivity (Wildman–Crippen MR) is 32.1 cm³/mol. The van der Waals surface area contributed by atoms with Crippen molar-refractivity contribution >= 4 is 8.69 Å². The van der Waals surface area contributed by atoms with E-state index in [1.807, 2.05) is 0 Å². The maximum absolute atomic E-state index is 8.46. The predicted octanol–water partition coefficient (Wildman–Crippen LogP) is -8.93. The molecule has 0 bridgehead atoms. The van der Waals surface area contributed by atoms with Crippen LogP contribution in [0.25, 0.3) is 0 Å². The Morgan fingerprint density at radius 2 is 0.800 bits per heavy atom. The van der Waals surface area contributed by atoms with Gasteiger partial charge in [-0.3, -0.25) is 0 Å². The van der Waals surface area contributed by atoms with Crippen LogP contribution >= 0.6 is 8.69 Å². The van der Waals surface area contributed by atoms with E-state index in [1.165, 1.54) is 0 Å². The van der Waals surface area contributed by atoms with Gasteiger partial charge in [0.05, 0.1) is 0 Å². The summed E-state index contributed by atoms with van der Waals surface area (Å²) in [6, 6.07) is 0. The van der Waals surface area contributed by atoms with Gasteiger partial charge in [-0.1, -0.05) is 0 Å². The number of hydrogen-bond donors (Lipinski definition) is 0. The molecule has 0 saturated carbocycles. The van der Waals surface area contributed by atoms with Gasteiger partial charge in [-0.15, -0.1) is 0 Å². The zero-order chi connectivity index (χ0) is 2.71. The van der Waals surface area contributed by atoms with Crippen LogP contribution in [-0.2, 0) is 4.57 Å². The molecule has 0 heterocycles. The molecule has 0 aromatic rings. The first-order valence-electron chi connectivity index (χ1n) is 0.471. The first-order valence-corrected chi connectivity index (χ1v) is 1.41. The van der Waals surface area contributed by atoms with Crippen LogP contribution in [0.4, 0.5) is 0 Å². The van der Waals surface area contributed by atoms with E-state index < -0.39 is 8.69 Å². The molecular formula is H14NaO8P. The summed E-state index contributed by atoms with van der Waals surface area (Å²) in [5.74, 6) is 0. The standard InChI is InChI=1S/Na.H3O2P.6H2O/c;1-3-2;;;;;;/h;3H2,(H,1,2);6*1H2/q+1;;;;;;;/p-1. The van der Waals surface area contributed by atoms with E-state index in [9.17, 15) is 0 Å². The Labute approximate surface area is 80.7 Å². The van der Waals surface area contributed by atoms with Crippen LogP contribution < -0.4 is 34.5 Å². The summed E-state index contributed by atoms with van der Waals surface area (Å²) in [5.41, 5.74) is 0. The molecular weight excluding hydrogens is 182 g/mol. The van der Waals surface area contributed by atoms with Crippen LogP contribution in [0.1, 0.15) is 0 Å². The Balaban J connectivity index is -0.000000000952.